The van der Waals surface area contributed by atoms with Crippen molar-refractivity contribution in [3.8, 4) is 16.9 Å². The van der Waals surface area contributed by atoms with E-state index in [1.807, 2.05) is 18.7 Å². The molecule has 2 aromatic carbocycles. The van der Waals surface area contributed by atoms with Crippen LogP contribution in [-0.2, 0) is 4.79 Å². The van der Waals surface area contributed by atoms with Crippen LogP contribution in [0.25, 0.3) is 27.7 Å². The highest BCUT2D eigenvalue weighted by Crippen LogP contribution is 2.47. The van der Waals surface area contributed by atoms with Crippen LogP contribution in [0.4, 0.5) is 14.6 Å². The molecule has 3 aliphatic heterocycles. The molecule has 0 spiro atoms. The number of nitrogens with zero attached hydrogens (tertiary/aromatic N) is 5. The van der Waals surface area contributed by atoms with Crippen LogP contribution in [0.1, 0.15) is 33.1 Å². The van der Waals surface area contributed by atoms with Crippen molar-refractivity contribution in [2.24, 2.45) is 5.92 Å². The zero-order valence-electron chi connectivity index (χ0n) is 24.4. The summed E-state index contributed by atoms with van der Waals surface area (Å²) in [6, 6.07) is 4.60. The predicted octanol–water partition coefficient (Wildman–Crippen LogP) is 5.53. The molecule has 0 radical (unpaired) electrons. The Balaban J connectivity index is 1.53. The van der Waals surface area contributed by atoms with Gasteiger partial charge in [0.05, 0.1) is 10.7 Å². The Kier molecular flexibility index (Phi) is 7.76. The maximum absolute atomic E-state index is 15.1. The van der Waals surface area contributed by atoms with Crippen LogP contribution < -0.4 is 15.3 Å². The van der Waals surface area contributed by atoms with Crippen LogP contribution >= 0.6 is 11.6 Å². The van der Waals surface area contributed by atoms with Crippen LogP contribution in [-0.4, -0.2) is 70.6 Å². The second-order valence-electron chi connectivity index (χ2n) is 11.9. The fraction of sp³-hybridized carbons (Fsp3) is 0.406. The Morgan fingerprint density at radius 3 is 2.60 bits per heavy atom. The van der Waals surface area contributed by atoms with E-state index in [4.69, 9.17) is 16.3 Å². The topological polar surface area (TPSA) is 70.9 Å². The summed E-state index contributed by atoms with van der Waals surface area (Å²) < 4.78 is 36.8. The Labute approximate surface area is 253 Å². The molecular formula is C32H34ClF2N5O3. The van der Waals surface area contributed by atoms with Gasteiger partial charge < -0.3 is 19.4 Å². The van der Waals surface area contributed by atoms with Gasteiger partial charge in [-0.15, -0.1) is 0 Å². The average Bonchev–Trinajstić information content (AvgIpc) is 2.97. The molecule has 1 amide bonds. The number of hydrogen-bond donors (Lipinski definition) is 0. The molecule has 11 heteroatoms. The predicted molar refractivity (Wildman–Crippen MR) is 164 cm³/mol. The Morgan fingerprint density at radius 1 is 1.16 bits per heavy atom. The number of piperidine rings is 1. The normalized spacial score (nSPS) is 21.1. The molecule has 2 atom stereocenters. The lowest BCUT2D eigenvalue weighted by molar-refractivity contribution is -0.128. The minimum atomic E-state index is -0.796. The molecule has 0 saturated carbocycles. The van der Waals surface area contributed by atoms with Crippen LogP contribution in [0, 0.1) is 17.6 Å². The number of ether oxygens (including phenoxy) is 1. The first-order valence-electron chi connectivity index (χ1n) is 14.6. The van der Waals surface area contributed by atoms with Gasteiger partial charge in [0.25, 0.3) is 0 Å². The third-order valence-corrected chi connectivity index (χ3v) is 9.21. The van der Waals surface area contributed by atoms with E-state index in [1.165, 1.54) is 18.4 Å². The number of piperazine rings is 1. The number of hydrogen-bond acceptors (Lipinski definition) is 6. The van der Waals surface area contributed by atoms with E-state index in [0.717, 1.165) is 38.1 Å². The first kappa shape index (κ1) is 29.3. The number of halogens is 3. The smallest absolute Gasteiger partial charge is 0.354 e. The molecule has 226 valence electrons. The molecule has 1 aromatic heterocycles. The summed E-state index contributed by atoms with van der Waals surface area (Å²) >= 11 is 6.85. The van der Waals surface area contributed by atoms with Gasteiger partial charge in [-0.05, 0) is 83.4 Å². The molecule has 0 bridgehead atoms. The number of carbonyl (C=O) groups excluding carboxylic acids is 1. The van der Waals surface area contributed by atoms with Gasteiger partial charge in [-0.1, -0.05) is 18.2 Å². The lowest BCUT2D eigenvalue weighted by Crippen LogP contribution is -2.58. The maximum atomic E-state index is 15.1. The number of aromatic nitrogens is 2. The van der Waals surface area contributed by atoms with Gasteiger partial charge in [-0.3, -0.25) is 9.36 Å². The zero-order chi connectivity index (χ0) is 30.6. The largest absolute Gasteiger partial charge is 0.460 e. The molecular weight excluding hydrogens is 576 g/mol. The summed E-state index contributed by atoms with van der Waals surface area (Å²) in [5.41, 5.74) is 0.920. The number of amides is 1. The van der Waals surface area contributed by atoms with Gasteiger partial charge in [0.2, 0.25) is 5.91 Å². The molecule has 0 unspecified atom stereocenters. The lowest BCUT2D eigenvalue weighted by Gasteiger charge is -2.44. The first-order valence-corrected chi connectivity index (χ1v) is 14.9. The molecule has 0 N–H and O–H groups in total. The number of benzene rings is 2. The molecule has 3 aliphatic rings. The molecule has 4 heterocycles. The van der Waals surface area contributed by atoms with Crippen LogP contribution in [0.3, 0.4) is 0 Å². The molecule has 8 nitrogen and oxygen atoms in total. The van der Waals surface area contributed by atoms with E-state index in [0.29, 0.717) is 47.8 Å². The van der Waals surface area contributed by atoms with Crippen LogP contribution in [0.5, 0.6) is 5.75 Å². The Bertz CT molecular complexity index is 1720. The molecule has 2 fully saturated rings. The number of anilines is 1. The van der Waals surface area contributed by atoms with Crippen molar-refractivity contribution in [2.75, 3.05) is 38.1 Å². The summed E-state index contributed by atoms with van der Waals surface area (Å²) in [6.45, 7) is 10.3. The molecule has 6 rings (SSSR count). The maximum Gasteiger partial charge on any atom is 0.354 e. The van der Waals surface area contributed by atoms with E-state index in [-0.39, 0.29) is 39.9 Å². The second kappa shape index (κ2) is 11.4. The molecule has 0 aliphatic carbocycles. The monoisotopic (exact) mass is 609 g/mol. The second-order valence-corrected chi connectivity index (χ2v) is 12.3. The number of rotatable bonds is 5. The minimum Gasteiger partial charge on any atom is -0.460 e. The average molecular weight is 610 g/mol. The van der Waals surface area contributed by atoms with Gasteiger partial charge in [0.1, 0.15) is 29.2 Å². The number of allylic oxidation sites excluding steroid dienone is 1. The number of likely N-dealkylation sites (tertiary alicyclic amines) is 1. The van der Waals surface area contributed by atoms with Crippen LogP contribution in [0.15, 0.2) is 48.0 Å². The quantitative estimate of drug-likeness (QED) is 0.354. The summed E-state index contributed by atoms with van der Waals surface area (Å²) in [4.78, 5) is 37.1. The highest BCUT2D eigenvalue weighted by atomic mass is 35.5. The van der Waals surface area contributed by atoms with Crippen molar-refractivity contribution in [1.82, 2.24) is 19.4 Å². The minimum absolute atomic E-state index is 0.0615. The van der Waals surface area contributed by atoms with Gasteiger partial charge in [0, 0.05) is 47.8 Å². The Morgan fingerprint density at radius 2 is 1.91 bits per heavy atom. The first-order chi connectivity index (χ1) is 20.6. The third-order valence-electron chi connectivity index (χ3n) is 8.92. The fourth-order valence-electron chi connectivity index (χ4n) is 6.58. The molecule has 43 heavy (non-hydrogen) atoms. The zero-order valence-corrected chi connectivity index (χ0v) is 25.2. The van der Waals surface area contributed by atoms with E-state index in [2.05, 4.69) is 23.5 Å². The summed E-state index contributed by atoms with van der Waals surface area (Å²) in [6.07, 6.45) is 5.42. The van der Waals surface area contributed by atoms with Crippen molar-refractivity contribution >= 4 is 39.9 Å². The van der Waals surface area contributed by atoms with Gasteiger partial charge >= 0.3 is 5.69 Å². The van der Waals surface area contributed by atoms with Crippen molar-refractivity contribution in [2.45, 2.75) is 45.2 Å². The van der Waals surface area contributed by atoms with E-state index in [9.17, 15) is 14.0 Å². The van der Waals surface area contributed by atoms with E-state index >= 15 is 4.39 Å². The van der Waals surface area contributed by atoms with E-state index < -0.39 is 17.3 Å². The van der Waals surface area contributed by atoms with Crippen molar-refractivity contribution in [3.05, 3.63) is 70.3 Å². The number of carbonyl (C=O) groups is 1. The van der Waals surface area contributed by atoms with Gasteiger partial charge in [-0.25, -0.2) is 13.6 Å². The van der Waals surface area contributed by atoms with Gasteiger partial charge in [-0.2, -0.15) is 4.98 Å². The van der Waals surface area contributed by atoms with E-state index in [1.54, 1.807) is 15.5 Å². The Hall–Kier alpha value is -3.76. The van der Waals surface area contributed by atoms with Crippen molar-refractivity contribution < 1.29 is 18.3 Å². The van der Waals surface area contributed by atoms with Crippen molar-refractivity contribution in [3.63, 3.8) is 0 Å². The summed E-state index contributed by atoms with van der Waals surface area (Å²) in [5, 5.41) is 0.747. The fourth-order valence-corrected chi connectivity index (χ4v) is 6.87. The SMILES string of the molecule is C=CC(=O)N1C[C@H](C)N(c2nc(=O)n3c4c(c(-c5ccc(F)cc5F)c(Cl)cc24)OC=C3CC2CCN(C)CC2)C[C@H]1C. The standard InChI is InChI=1S/C32H34ClF2N5O3/c1-5-27(41)38-15-19(3)39(16-18(38)2)31-24-14-25(33)28(23-7-6-21(34)13-26(23)35)30-29(24)40(32(42)36-31)22(17-43-30)12-20-8-10-37(4)11-9-20/h5-7,13-14,17-20H,1,8-12,15-16H2,2-4H3/t18-,19+/m1/s1. The van der Waals surface area contributed by atoms with Crippen LogP contribution in [0.2, 0.25) is 5.02 Å². The third kappa shape index (κ3) is 5.20. The summed E-state index contributed by atoms with van der Waals surface area (Å²) in [7, 11) is 2.10. The summed E-state index contributed by atoms with van der Waals surface area (Å²) in [5.74, 6) is -0.687. The molecule has 3 aromatic rings. The lowest BCUT2D eigenvalue weighted by atomic mass is 9.92. The molecule has 2 saturated heterocycles. The van der Waals surface area contributed by atoms with Gasteiger partial charge in [0.15, 0.2) is 5.75 Å². The highest BCUT2D eigenvalue weighted by molar-refractivity contribution is 6.35. The highest BCUT2D eigenvalue weighted by Gasteiger charge is 2.35. The van der Waals surface area contributed by atoms with Crippen molar-refractivity contribution in [1.29, 1.82) is 0 Å².